The molecule has 1 aromatic carbocycles. The third-order valence-corrected chi connectivity index (χ3v) is 5.37. The molecule has 1 heterocycles. The maximum Gasteiger partial charge on any atom is 0.250 e. The smallest absolute Gasteiger partial charge is 0.250 e. The molecule has 1 aliphatic rings. The molecule has 2 N–H and O–H groups in total. The third kappa shape index (κ3) is 5.79. The summed E-state index contributed by atoms with van der Waals surface area (Å²) in [7, 11) is 2.26. The van der Waals surface area contributed by atoms with E-state index in [1.54, 1.807) is 12.1 Å². The summed E-state index contributed by atoms with van der Waals surface area (Å²) in [5, 5.41) is 0. The van der Waals surface area contributed by atoms with Crippen molar-refractivity contribution in [2.75, 3.05) is 13.6 Å². The van der Waals surface area contributed by atoms with E-state index in [1.165, 1.54) is 50.3 Å². The van der Waals surface area contributed by atoms with Crippen molar-refractivity contribution < 1.29 is 9.53 Å². The number of nitrogens with zero attached hydrogens (tertiary/aromatic N) is 2. The molecule has 0 unspecified atom stereocenters. The van der Waals surface area contributed by atoms with Crippen LogP contribution in [-0.2, 0) is 6.42 Å². The van der Waals surface area contributed by atoms with E-state index in [-0.39, 0.29) is 0 Å². The lowest BCUT2D eigenvalue weighted by Gasteiger charge is -2.27. The third-order valence-electron chi connectivity index (χ3n) is 5.37. The number of pyridine rings is 1. The molecule has 0 bridgehead atoms. The number of ether oxygens (including phenoxy) is 1. The molecule has 1 amide bonds. The molecule has 0 aliphatic heterocycles. The van der Waals surface area contributed by atoms with Gasteiger partial charge in [-0.1, -0.05) is 37.8 Å². The first-order valence-electron chi connectivity index (χ1n) is 9.85. The number of hydrogen-bond donors (Lipinski definition) is 1. The Hall–Kier alpha value is -2.40. The van der Waals surface area contributed by atoms with Crippen LogP contribution in [0.4, 0.5) is 0 Å². The molecule has 27 heavy (non-hydrogen) atoms. The van der Waals surface area contributed by atoms with Crippen LogP contribution < -0.4 is 10.5 Å². The number of primary amides is 1. The standard InChI is InChI=1S/C22H29N3O2/c1-25(19-6-4-2-3-5-7-19)15-14-17-8-11-20(12-9-17)27-21-13-10-18(16-24-21)22(23)26/h8-13,16,19H,2-7,14-15H2,1H3,(H2,23,26). The highest BCUT2D eigenvalue weighted by Crippen LogP contribution is 2.22. The number of carbonyl (C=O) groups excluding carboxylic acids is 1. The Morgan fingerprint density at radius 1 is 1.11 bits per heavy atom. The Morgan fingerprint density at radius 2 is 1.81 bits per heavy atom. The maximum atomic E-state index is 11.1. The number of hydrogen-bond acceptors (Lipinski definition) is 4. The highest BCUT2D eigenvalue weighted by atomic mass is 16.5. The lowest BCUT2D eigenvalue weighted by Crippen LogP contribution is -2.32. The number of amides is 1. The van der Waals surface area contributed by atoms with Gasteiger partial charge in [-0.25, -0.2) is 4.98 Å². The first-order valence-corrected chi connectivity index (χ1v) is 9.85. The predicted molar refractivity (Wildman–Crippen MR) is 107 cm³/mol. The molecule has 144 valence electrons. The molecule has 5 heteroatoms. The first kappa shape index (κ1) is 19.4. The van der Waals surface area contributed by atoms with Gasteiger partial charge >= 0.3 is 0 Å². The fraction of sp³-hybridized carbons (Fsp3) is 0.455. The molecular formula is C22H29N3O2. The summed E-state index contributed by atoms with van der Waals surface area (Å²) in [6.07, 6.45) is 10.7. The van der Waals surface area contributed by atoms with Gasteiger partial charge in [0.25, 0.3) is 0 Å². The van der Waals surface area contributed by atoms with Gasteiger partial charge in [-0.15, -0.1) is 0 Å². The highest BCUT2D eigenvalue weighted by molar-refractivity contribution is 5.92. The fourth-order valence-corrected chi connectivity index (χ4v) is 3.62. The minimum atomic E-state index is -0.493. The number of nitrogens with two attached hydrogens (primary N) is 1. The molecule has 2 aromatic rings. The van der Waals surface area contributed by atoms with Crippen LogP contribution in [0.3, 0.4) is 0 Å². The predicted octanol–water partition coefficient (Wildman–Crippen LogP) is 4.17. The average molecular weight is 367 g/mol. The molecule has 0 spiro atoms. The topological polar surface area (TPSA) is 68.5 Å². The van der Waals surface area contributed by atoms with E-state index in [2.05, 4.69) is 29.1 Å². The zero-order chi connectivity index (χ0) is 19.1. The molecule has 3 rings (SSSR count). The van der Waals surface area contributed by atoms with Crippen LogP contribution in [0.5, 0.6) is 11.6 Å². The normalized spacial score (nSPS) is 15.5. The van der Waals surface area contributed by atoms with E-state index in [0.29, 0.717) is 11.4 Å². The summed E-state index contributed by atoms with van der Waals surface area (Å²) in [6.45, 7) is 1.08. The number of carbonyl (C=O) groups is 1. The van der Waals surface area contributed by atoms with Gasteiger partial charge < -0.3 is 15.4 Å². The number of benzene rings is 1. The van der Waals surface area contributed by atoms with Crippen LogP contribution in [0.15, 0.2) is 42.6 Å². The first-order chi connectivity index (χ1) is 13.1. The van der Waals surface area contributed by atoms with E-state index in [1.807, 2.05) is 12.1 Å². The van der Waals surface area contributed by atoms with E-state index in [0.717, 1.165) is 24.8 Å². The zero-order valence-electron chi connectivity index (χ0n) is 16.1. The Kier molecular flexibility index (Phi) is 6.82. The summed E-state index contributed by atoms with van der Waals surface area (Å²) in [4.78, 5) is 17.7. The van der Waals surface area contributed by atoms with Crippen molar-refractivity contribution in [3.05, 3.63) is 53.7 Å². The van der Waals surface area contributed by atoms with Crippen molar-refractivity contribution in [3.63, 3.8) is 0 Å². The number of likely N-dealkylation sites (N-methyl/N-ethyl adjacent to an activating group) is 1. The Morgan fingerprint density at radius 3 is 2.41 bits per heavy atom. The van der Waals surface area contributed by atoms with Gasteiger partial charge in [-0.2, -0.15) is 0 Å². The van der Waals surface area contributed by atoms with Gasteiger partial charge in [0.15, 0.2) is 0 Å². The molecule has 0 saturated heterocycles. The molecule has 5 nitrogen and oxygen atoms in total. The SMILES string of the molecule is CN(CCc1ccc(Oc2ccc(C(N)=O)cn2)cc1)C1CCCCCC1. The van der Waals surface area contributed by atoms with Gasteiger partial charge in [0.05, 0.1) is 5.56 Å². The molecule has 1 fully saturated rings. The van der Waals surface area contributed by atoms with E-state index in [9.17, 15) is 4.79 Å². The molecule has 1 saturated carbocycles. The second kappa shape index (κ2) is 9.51. The molecule has 0 radical (unpaired) electrons. The number of aromatic nitrogens is 1. The van der Waals surface area contributed by atoms with Gasteiger partial charge in [0.2, 0.25) is 11.8 Å². The zero-order valence-corrected chi connectivity index (χ0v) is 16.1. The quantitative estimate of drug-likeness (QED) is 0.746. The summed E-state index contributed by atoms with van der Waals surface area (Å²) < 4.78 is 5.73. The van der Waals surface area contributed by atoms with Crippen LogP contribution in [0.1, 0.15) is 54.4 Å². The largest absolute Gasteiger partial charge is 0.439 e. The molecular weight excluding hydrogens is 338 g/mol. The van der Waals surface area contributed by atoms with Gasteiger partial charge in [-0.3, -0.25) is 4.79 Å². The summed E-state index contributed by atoms with van der Waals surface area (Å²) in [5.41, 5.74) is 6.89. The van der Waals surface area contributed by atoms with Gasteiger partial charge in [0.1, 0.15) is 5.75 Å². The van der Waals surface area contributed by atoms with Crippen molar-refractivity contribution in [2.45, 2.75) is 51.0 Å². The van der Waals surface area contributed by atoms with Crippen LogP contribution in [0, 0.1) is 0 Å². The average Bonchev–Trinajstić information content (AvgIpc) is 2.97. The summed E-state index contributed by atoms with van der Waals surface area (Å²) in [6, 6.07) is 12.1. The van der Waals surface area contributed by atoms with E-state index in [4.69, 9.17) is 10.5 Å². The van der Waals surface area contributed by atoms with Crippen molar-refractivity contribution in [3.8, 4) is 11.6 Å². The van der Waals surface area contributed by atoms with E-state index >= 15 is 0 Å². The van der Waals surface area contributed by atoms with Crippen LogP contribution in [0.2, 0.25) is 0 Å². The second-order valence-corrected chi connectivity index (χ2v) is 7.37. The van der Waals surface area contributed by atoms with Crippen LogP contribution in [-0.4, -0.2) is 35.4 Å². The highest BCUT2D eigenvalue weighted by Gasteiger charge is 2.16. The monoisotopic (exact) mass is 367 g/mol. The van der Waals surface area contributed by atoms with Crippen molar-refractivity contribution >= 4 is 5.91 Å². The second-order valence-electron chi connectivity index (χ2n) is 7.37. The van der Waals surface area contributed by atoms with Crippen LogP contribution >= 0.6 is 0 Å². The van der Waals surface area contributed by atoms with Crippen molar-refractivity contribution in [2.24, 2.45) is 5.73 Å². The summed E-state index contributed by atoms with van der Waals surface area (Å²) >= 11 is 0. The minimum absolute atomic E-state index is 0.371. The lowest BCUT2D eigenvalue weighted by molar-refractivity contribution is 0.1000. The van der Waals surface area contributed by atoms with Crippen LogP contribution in [0.25, 0.3) is 0 Å². The van der Waals surface area contributed by atoms with Crippen molar-refractivity contribution in [1.29, 1.82) is 0 Å². The fourth-order valence-electron chi connectivity index (χ4n) is 3.62. The molecule has 1 aromatic heterocycles. The van der Waals surface area contributed by atoms with Crippen molar-refractivity contribution in [1.82, 2.24) is 9.88 Å². The minimum Gasteiger partial charge on any atom is -0.439 e. The molecule has 0 atom stereocenters. The maximum absolute atomic E-state index is 11.1. The molecule has 1 aliphatic carbocycles. The van der Waals surface area contributed by atoms with Gasteiger partial charge in [0, 0.05) is 24.8 Å². The summed E-state index contributed by atoms with van der Waals surface area (Å²) in [5.74, 6) is 0.684. The van der Waals surface area contributed by atoms with E-state index < -0.39 is 5.91 Å². The lowest BCUT2D eigenvalue weighted by atomic mass is 10.1. The Balaban J connectivity index is 1.50. The Bertz CT molecular complexity index is 720. The Labute approximate surface area is 161 Å². The van der Waals surface area contributed by atoms with Gasteiger partial charge in [-0.05, 0) is 50.1 Å². The number of rotatable bonds is 7.